The molecule has 2 atom stereocenters. The molecule has 1 saturated heterocycles. The molecule has 4 nitrogen and oxygen atoms in total. The van der Waals surface area contributed by atoms with E-state index in [9.17, 15) is 4.57 Å². The van der Waals surface area contributed by atoms with E-state index in [0.717, 1.165) is 16.9 Å². The van der Waals surface area contributed by atoms with Crippen LogP contribution in [-0.2, 0) is 15.7 Å². The summed E-state index contributed by atoms with van der Waals surface area (Å²) in [5, 5.41) is 0. The summed E-state index contributed by atoms with van der Waals surface area (Å²) in [6.45, 7) is 6.50. The van der Waals surface area contributed by atoms with Crippen molar-refractivity contribution in [1.29, 1.82) is 0 Å². The van der Waals surface area contributed by atoms with Crippen LogP contribution in [-0.4, -0.2) is 20.8 Å². The predicted molar refractivity (Wildman–Crippen MR) is 89.7 cm³/mol. The van der Waals surface area contributed by atoms with Crippen LogP contribution >= 0.6 is 31.7 Å². The van der Waals surface area contributed by atoms with Crippen molar-refractivity contribution in [2.45, 2.75) is 33.4 Å². The van der Waals surface area contributed by atoms with E-state index in [4.69, 9.17) is 21.3 Å². The summed E-state index contributed by atoms with van der Waals surface area (Å²) in [7, 11) is -3.40. The van der Waals surface area contributed by atoms with E-state index >= 15 is 0 Å². The third-order valence-corrected chi connectivity index (χ3v) is 7.41. The first kappa shape index (κ1) is 15.3. The van der Waals surface area contributed by atoms with Gasteiger partial charge in [0, 0.05) is 11.3 Å². The third-order valence-electron chi connectivity index (χ3n) is 3.73. The Kier molecular flexibility index (Phi) is 4.08. The van der Waals surface area contributed by atoms with Crippen LogP contribution in [0.4, 0.5) is 0 Å². The second-order valence-electron chi connectivity index (χ2n) is 5.68. The Labute approximate surface area is 134 Å². The smallest absolute Gasteiger partial charge is 0.409 e. The monoisotopic (exact) mass is 343 g/mol. The molecule has 2 aliphatic heterocycles. The number of rotatable bonds is 2. The van der Waals surface area contributed by atoms with Crippen molar-refractivity contribution in [3.8, 4) is 5.75 Å². The van der Waals surface area contributed by atoms with Crippen molar-refractivity contribution in [1.82, 2.24) is 4.67 Å². The minimum Gasteiger partial charge on any atom is -0.409 e. The Balaban J connectivity index is 1.93. The Morgan fingerprint density at radius 3 is 2.95 bits per heavy atom. The highest BCUT2D eigenvalue weighted by Crippen LogP contribution is 2.60. The molecule has 0 saturated carbocycles. The molecule has 3 rings (SSSR count). The first-order chi connectivity index (χ1) is 9.90. The number of aryl methyl sites for hydroxylation is 1. The zero-order chi connectivity index (χ0) is 15.2. The molecule has 2 heterocycles. The molecule has 21 heavy (non-hydrogen) atoms. The van der Waals surface area contributed by atoms with E-state index in [2.05, 4.69) is 13.8 Å². The lowest BCUT2D eigenvalue weighted by atomic mass is 10.1. The molecule has 0 radical (unpaired) electrons. The van der Waals surface area contributed by atoms with Gasteiger partial charge in [-0.05, 0) is 18.9 Å². The number of fused-ring (bicyclic) bond motifs is 1. The lowest BCUT2D eigenvalue weighted by Gasteiger charge is -2.36. The molecular weight excluding hydrogens is 325 g/mol. The second-order valence-corrected chi connectivity index (χ2v) is 9.14. The summed E-state index contributed by atoms with van der Waals surface area (Å²) in [5.74, 6) is 1.79. The molecule has 114 valence electrons. The Morgan fingerprint density at radius 1 is 1.48 bits per heavy atom. The number of hydrogen-bond acceptors (Lipinski definition) is 5. The van der Waals surface area contributed by atoms with Gasteiger partial charge in [-0.1, -0.05) is 55.5 Å². The van der Waals surface area contributed by atoms with E-state index < -0.39 is 7.75 Å². The van der Waals surface area contributed by atoms with Crippen molar-refractivity contribution < 1.29 is 13.6 Å². The number of benzene rings is 1. The molecule has 1 aromatic rings. The average Bonchev–Trinajstić information content (AvgIpc) is 2.82. The largest absolute Gasteiger partial charge is 0.490 e. The van der Waals surface area contributed by atoms with E-state index in [-0.39, 0.29) is 6.04 Å². The summed E-state index contributed by atoms with van der Waals surface area (Å²) in [6, 6.07) is 5.89. The summed E-state index contributed by atoms with van der Waals surface area (Å²) < 4.78 is 26.9. The van der Waals surface area contributed by atoms with Crippen LogP contribution in [0.1, 0.15) is 25.0 Å². The minimum atomic E-state index is -3.40. The van der Waals surface area contributed by atoms with Crippen LogP contribution in [0.2, 0.25) is 0 Å². The highest BCUT2D eigenvalue weighted by atomic mass is 32.2. The molecule has 0 aliphatic carbocycles. The Bertz CT molecular complexity index is 635. The third kappa shape index (κ3) is 2.74. The van der Waals surface area contributed by atoms with Gasteiger partial charge in [0.1, 0.15) is 10.1 Å². The van der Waals surface area contributed by atoms with Gasteiger partial charge in [0.15, 0.2) is 0 Å². The van der Waals surface area contributed by atoms with Gasteiger partial charge in [-0.25, -0.2) is 9.24 Å². The molecule has 0 N–H and O–H groups in total. The van der Waals surface area contributed by atoms with Crippen LogP contribution < -0.4 is 4.52 Å². The Morgan fingerprint density at radius 2 is 2.24 bits per heavy atom. The number of nitrogens with zero attached hydrogens (tertiary/aromatic N) is 1. The summed E-state index contributed by atoms with van der Waals surface area (Å²) in [4.78, 5) is 0. The van der Waals surface area contributed by atoms with Gasteiger partial charge in [-0.2, -0.15) is 0 Å². The van der Waals surface area contributed by atoms with E-state index in [1.807, 2.05) is 25.1 Å². The van der Waals surface area contributed by atoms with E-state index in [1.54, 1.807) is 16.4 Å². The predicted octanol–water partition coefficient (Wildman–Crippen LogP) is 4.37. The fourth-order valence-corrected chi connectivity index (χ4v) is 6.75. The van der Waals surface area contributed by atoms with Gasteiger partial charge >= 0.3 is 7.75 Å². The first-order valence-electron chi connectivity index (χ1n) is 6.91. The second kappa shape index (κ2) is 5.58. The van der Waals surface area contributed by atoms with Gasteiger partial charge in [0.2, 0.25) is 0 Å². The van der Waals surface area contributed by atoms with Crippen molar-refractivity contribution in [2.75, 3.05) is 5.75 Å². The van der Waals surface area contributed by atoms with Crippen molar-refractivity contribution in [3.05, 3.63) is 29.3 Å². The molecule has 1 fully saturated rings. The zero-order valence-corrected chi connectivity index (χ0v) is 14.8. The van der Waals surface area contributed by atoms with E-state index in [1.165, 1.54) is 0 Å². The highest BCUT2D eigenvalue weighted by Gasteiger charge is 2.48. The van der Waals surface area contributed by atoms with Crippen molar-refractivity contribution in [3.63, 3.8) is 0 Å². The molecule has 0 amide bonds. The lowest BCUT2D eigenvalue weighted by Crippen LogP contribution is -2.37. The number of thioether (sulfide) groups is 1. The fraction of sp³-hybridized carbons (Fsp3) is 0.500. The van der Waals surface area contributed by atoms with Gasteiger partial charge in [0.05, 0.1) is 12.6 Å². The van der Waals surface area contributed by atoms with Crippen molar-refractivity contribution in [2.24, 2.45) is 5.92 Å². The normalized spacial score (nSPS) is 28.7. The van der Waals surface area contributed by atoms with Crippen LogP contribution in [0.5, 0.6) is 5.75 Å². The minimum absolute atomic E-state index is 0.0836. The number of hydrogen-bond donors (Lipinski definition) is 0. The van der Waals surface area contributed by atoms with E-state index in [0.29, 0.717) is 22.6 Å². The molecular formula is C14H18NO3PS2. The summed E-state index contributed by atoms with van der Waals surface area (Å²) >= 11 is 6.91. The van der Waals surface area contributed by atoms with Gasteiger partial charge in [-0.3, -0.25) is 4.52 Å². The van der Waals surface area contributed by atoms with Crippen LogP contribution in [0.25, 0.3) is 0 Å². The van der Waals surface area contributed by atoms with Crippen molar-refractivity contribution >= 4 is 36.0 Å². The lowest BCUT2D eigenvalue weighted by molar-refractivity contribution is 0.187. The molecule has 0 bridgehead atoms. The van der Waals surface area contributed by atoms with Gasteiger partial charge < -0.3 is 4.52 Å². The summed E-state index contributed by atoms with van der Waals surface area (Å²) in [6.07, 6.45) is 0. The van der Waals surface area contributed by atoms with Gasteiger partial charge in [-0.15, -0.1) is 0 Å². The number of thiocarbonyl (C=S) groups is 1. The average molecular weight is 343 g/mol. The topological polar surface area (TPSA) is 38.8 Å². The fourth-order valence-electron chi connectivity index (χ4n) is 2.50. The summed E-state index contributed by atoms with van der Waals surface area (Å²) in [5.41, 5.74) is 2.06. The molecule has 0 aromatic heterocycles. The standard InChI is InChI=1S/C14H18NO3PS2/c1-9(2)12-8-21-14(20)15(12)19(16)17-7-11-6-10(3)4-5-13(11)18-19/h4-6,9,12H,7-8H2,1-3H3/t12-,19-/m1/s1. The SMILES string of the molecule is Cc1ccc2c(c1)CO[P@](=O)(N1C(=S)SC[C@@H]1C(C)C)O2. The molecule has 7 heteroatoms. The van der Waals surface area contributed by atoms with Gasteiger partial charge in [0.25, 0.3) is 0 Å². The molecule has 0 unspecified atom stereocenters. The van der Waals surface area contributed by atoms with Crippen LogP contribution in [0.15, 0.2) is 18.2 Å². The highest BCUT2D eigenvalue weighted by molar-refractivity contribution is 8.23. The zero-order valence-electron chi connectivity index (χ0n) is 12.2. The molecule has 2 aliphatic rings. The maximum Gasteiger partial charge on any atom is 0.490 e. The van der Waals surface area contributed by atoms with Crippen LogP contribution in [0.3, 0.4) is 0 Å². The molecule has 0 spiro atoms. The Hall–Kier alpha value is -0.550. The maximum absolute atomic E-state index is 13.2. The first-order valence-corrected chi connectivity index (χ1v) is 9.80. The maximum atomic E-state index is 13.2. The van der Waals surface area contributed by atoms with Crippen LogP contribution in [0, 0.1) is 12.8 Å². The quantitative estimate of drug-likeness (QED) is 0.586. The molecule has 1 aromatic carbocycles.